The largest absolute Gasteiger partial charge is 0.496 e. The minimum absolute atomic E-state index is 0.00504. The molecule has 3 rings (SSSR count). The van der Waals surface area contributed by atoms with Gasteiger partial charge in [0, 0.05) is 10.6 Å². The molecule has 3 aromatic carbocycles. The Morgan fingerprint density at radius 1 is 0.943 bits per heavy atom. The maximum Gasteiger partial charge on any atom is 0.307 e. The zero-order chi connectivity index (χ0) is 25.4. The monoisotopic (exact) mass is 496 g/mol. The number of rotatable bonds is 12. The quantitative estimate of drug-likeness (QED) is 0.312. The number of carboxylic acid groups (broad SMARTS) is 1. The van der Waals surface area contributed by atoms with Crippen LogP contribution >= 0.6 is 11.6 Å². The number of carbonyl (C=O) groups is 1. The molecule has 0 saturated heterocycles. The van der Waals surface area contributed by atoms with Crippen LogP contribution in [-0.2, 0) is 24.1 Å². The molecule has 2 atom stereocenters. The van der Waals surface area contributed by atoms with Gasteiger partial charge in [0.15, 0.2) is 0 Å². The van der Waals surface area contributed by atoms with Crippen LogP contribution in [0.4, 0.5) is 0 Å². The second-order valence-corrected chi connectivity index (χ2v) is 9.31. The van der Waals surface area contributed by atoms with Crippen molar-refractivity contribution in [3.05, 3.63) is 93.5 Å². The zero-order valence-electron chi connectivity index (χ0n) is 20.5. The molecule has 0 heterocycles. The summed E-state index contributed by atoms with van der Waals surface area (Å²) in [6.07, 6.45) is 2.47. The third-order valence-corrected chi connectivity index (χ3v) is 6.60. The van der Waals surface area contributed by atoms with Crippen LogP contribution in [-0.4, -0.2) is 30.4 Å². The highest BCUT2D eigenvalue weighted by Crippen LogP contribution is 2.36. The Kier molecular flexibility index (Phi) is 9.58. The van der Waals surface area contributed by atoms with Crippen molar-refractivity contribution in [2.45, 2.75) is 45.1 Å². The van der Waals surface area contributed by atoms with Crippen LogP contribution in [0.15, 0.2) is 60.7 Å². The lowest BCUT2D eigenvalue weighted by atomic mass is 9.85. The molecule has 6 heteroatoms. The maximum absolute atomic E-state index is 11.5. The molecule has 0 radical (unpaired) electrons. The molecule has 0 saturated carbocycles. The summed E-state index contributed by atoms with van der Waals surface area (Å²) in [5.41, 5.74) is 4.61. The van der Waals surface area contributed by atoms with Gasteiger partial charge in [0.05, 0.1) is 26.7 Å². The number of halogens is 1. The van der Waals surface area contributed by atoms with Gasteiger partial charge in [-0.15, -0.1) is 0 Å². The van der Waals surface area contributed by atoms with Gasteiger partial charge in [0.2, 0.25) is 0 Å². The number of aliphatic carboxylic acids is 1. The summed E-state index contributed by atoms with van der Waals surface area (Å²) in [6, 6.07) is 19.2. The molecule has 0 unspecified atom stereocenters. The first kappa shape index (κ1) is 26.6. The van der Waals surface area contributed by atoms with Crippen LogP contribution in [0, 0.1) is 12.8 Å². The van der Waals surface area contributed by atoms with E-state index >= 15 is 0 Å². The summed E-state index contributed by atoms with van der Waals surface area (Å²) >= 11 is 6.14. The van der Waals surface area contributed by atoms with Gasteiger partial charge in [0.25, 0.3) is 0 Å². The molecular formula is C29H33ClO5. The Hall–Kier alpha value is -3.02. The smallest absolute Gasteiger partial charge is 0.307 e. The van der Waals surface area contributed by atoms with Gasteiger partial charge in [-0.3, -0.25) is 4.79 Å². The number of benzene rings is 3. The molecule has 0 aliphatic carbocycles. The SMILES string of the molecule is COc1cc([C@@H](O)[C@@H](CCCc2cccc(Cl)c2)Cc2ccc(CC(=O)O)cc2)cc(OC)c1C. The van der Waals surface area contributed by atoms with E-state index in [9.17, 15) is 9.90 Å². The van der Waals surface area contributed by atoms with E-state index in [1.165, 1.54) is 5.56 Å². The van der Waals surface area contributed by atoms with Gasteiger partial charge in [-0.05, 0) is 85.0 Å². The standard InChI is InChI=1S/C29H33ClO5/c1-19-26(34-2)17-24(18-27(19)35-3)29(33)23(8-4-6-20-7-5-9-25(30)15-20)14-21-10-12-22(13-11-21)16-28(31)32/h5,7,9-13,15,17-18,23,29,33H,4,6,8,14,16H2,1-3H3,(H,31,32)/t23-,29-/m0/s1. The number of hydrogen-bond donors (Lipinski definition) is 2. The average Bonchev–Trinajstić information content (AvgIpc) is 2.84. The van der Waals surface area contributed by atoms with Gasteiger partial charge >= 0.3 is 5.97 Å². The predicted octanol–water partition coefficient (Wildman–Crippen LogP) is 6.21. The number of aliphatic hydroxyl groups excluding tert-OH is 1. The summed E-state index contributed by atoms with van der Waals surface area (Å²) < 4.78 is 11.0. The minimum atomic E-state index is -0.852. The van der Waals surface area contributed by atoms with Crippen molar-refractivity contribution in [1.82, 2.24) is 0 Å². The third-order valence-electron chi connectivity index (χ3n) is 6.37. The van der Waals surface area contributed by atoms with Crippen molar-refractivity contribution in [3.63, 3.8) is 0 Å². The molecule has 0 amide bonds. The molecule has 0 aromatic heterocycles. The fourth-order valence-electron chi connectivity index (χ4n) is 4.45. The fourth-order valence-corrected chi connectivity index (χ4v) is 4.67. The summed E-state index contributed by atoms with van der Waals surface area (Å²) in [5.74, 6) is 0.439. The Morgan fingerprint density at radius 3 is 2.14 bits per heavy atom. The van der Waals surface area contributed by atoms with Gasteiger partial charge in [0.1, 0.15) is 11.5 Å². The van der Waals surface area contributed by atoms with E-state index in [4.69, 9.17) is 26.2 Å². The predicted molar refractivity (Wildman–Crippen MR) is 139 cm³/mol. The van der Waals surface area contributed by atoms with Crippen LogP contribution in [0.2, 0.25) is 5.02 Å². The number of hydrogen-bond acceptors (Lipinski definition) is 4. The van der Waals surface area contributed by atoms with Crippen molar-refractivity contribution in [1.29, 1.82) is 0 Å². The summed E-state index contributed by atoms with van der Waals surface area (Å²) in [5, 5.41) is 21.2. The number of aliphatic hydroxyl groups is 1. The fraction of sp³-hybridized carbons (Fsp3) is 0.345. The first-order valence-corrected chi connectivity index (χ1v) is 12.1. The molecule has 3 aromatic rings. The molecule has 5 nitrogen and oxygen atoms in total. The molecule has 0 bridgehead atoms. The van der Waals surface area contributed by atoms with Crippen LogP contribution in [0.5, 0.6) is 11.5 Å². The summed E-state index contributed by atoms with van der Waals surface area (Å²) in [4.78, 5) is 11.0. The molecule has 0 spiro atoms. The molecule has 186 valence electrons. The van der Waals surface area contributed by atoms with Crippen LogP contribution in [0.1, 0.15) is 46.8 Å². The zero-order valence-corrected chi connectivity index (χ0v) is 21.2. The Labute approximate surface area is 212 Å². The summed E-state index contributed by atoms with van der Waals surface area (Å²) in [7, 11) is 3.22. The van der Waals surface area contributed by atoms with Crippen LogP contribution in [0.3, 0.4) is 0 Å². The summed E-state index contributed by atoms with van der Waals surface area (Å²) in [6.45, 7) is 1.93. The van der Waals surface area contributed by atoms with Gasteiger partial charge < -0.3 is 19.7 Å². The first-order valence-electron chi connectivity index (χ1n) is 11.7. The van der Waals surface area contributed by atoms with Gasteiger partial charge in [-0.1, -0.05) is 48.0 Å². The highest BCUT2D eigenvalue weighted by molar-refractivity contribution is 6.30. The topological polar surface area (TPSA) is 76.0 Å². The molecule has 2 N–H and O–H groups in total. The van der Waals surface area contributed by atoms with Gasteiger partial charge in [-0.25, -0.2) is 0 Å². The van der Waals surface area contributed by atoms with E-state index in [0.717, 1.165) is 46.5 Å². The minimum Gasteiger partial charge on any atom is -0.496 e. The molecule has 35 heavy (non-hydrogen) atoms. The Morgan fingerprint density at radius 2 is 1.57 bits per heavy atom. The number of carboxylic acids is 1. The van der Waals surface area contributed by atoms with E-state index in [1.54, 1.807) is 14.2 Å². The van der Waals surface area contributed by atoms with E-state index < -0.39 is 12.1 Å². The highest BCUT2D eigenvalue weighted by atomic mass is 35.5. The normalized spacial score (nSPS) is 12.7. The number of methoxy groups -OCH3 is 2. The van der Waals surface area contributed by atoms with Crippen molar-refractivity contribution in [2.75, 3.05) is 14.2 Å². The lowest BCUT2D eigenvalue weighted by Gasteiger charge is -2.25. The van der Waals surface area contributed by atoms with E-state index in [0.29, 0.717) is 17.9 Å². The Balaban J connectivity index is 1.82. The van der Waals surface area contributed by atoms with Gasteiger partial charge in [-0.2, -0.15) is 0 Å². The number of ether oxygens (including phenoxy) is 2. The molecule has 0 aliphatic heterocycles. The van der Waals surface area contributed by atoms with Crippen LogP contribution in [0.25, 0.3) is 0 Å². The lowest BCUT2D eigenvalue weighted by molar-refractivity contribution is -0.136. The van der Waals surface area contributed by atoms with Crippen molar-refractivity contribution >= 4 is 17.6 Å². The van der Waals surface area contributed by atoms with Crippen molar-refractivity contribution < 1.29 is 24.5 Å². The molecular weight excluding hydrogens is 464 g/mol. The second-order valence-electron chi connectivity index (χ2n) is 8.87. The van der Waals surface area contributed by atoms with E-state index in [1.807, 2.05) is 61.5 Å². The van der Waals surface area contributed by atoms with Crippen molar-refractivity contribution in [3.8, 4) is 11.5 Å². The number of aryl methyl sites for hydroxylation is 1. The lowest BCUT2D eigenvalue weighted by Crippen LogP contribution is -2.17. The maximum atomic E-state index is 11.5. The second kappa shape index (κ2) is 12.6. The average molecular weight is 497 g/mol. The molecule has 0 aliphatic rings. The van der Waals surface area contributed by atoms with E-state index in [-0.39, 0.29) is 12.3 Å². The Bertz CT molecular complexity index is 1100. The third kappa shape index (κ3) is 7.48. The highest BCUT2D eigenvalue weighted by Gasteiger charge is 2.24. The first-order chi connectivity index (χ1) is 16.8. The molecule has 0 fully saturated rings. The van der Waals surface area contributed by atoms with E-state index in [2.05, 4.69) is 6.07 Å². The van der Waals surface area contributed by atoms with Crippen LogP contribution < -0.4 is 9.47 Å². The van der Waals surface area contributed by atoms with Crippen molar-refractivity contribution in [2.24, 2.45) is 5.92 Å².